The number of nitrogens with zero attached hydrogens (tertiary/aromatic N) is 3. The molecule has 156 valence electrons. The number of aromatic nitrogens is 3. The molecule has 0 radical (unpaired) electrons. The molecule has 1 aromatic heterocycles. The van der Waals surface area contributed by atoms with Crippen LogP contribution in [0.2, 0.25) is 0 Å². The summed E-state index contributed by atoms with van der Waals surface area (Å²) in [7, 11) is 1.90. The van der Waals surface area contributed by atoms with Crippen molar-refractivity contribution in [1.29, 1.82) is 0 Å². The van der Waals surface area contributed by atoms with E-state index in [4.69, 9.17) is 0 Å². The van der Waals surface area contributed by atoms with Gasteiger partial charge < -0.3 is 9.88 Å². The first kappa shape index (κ1) is 20.6. The highest BCUT2D eigenvalue weighted by Crippen LogP contribution is 2.29. The van der Waals surface area contributed by atoms with E-state index in [0.717, 1.165) is 24.8 Å². The fourth-order valence-electron chi connectivity index (χ4n) is 3.53. The predicted octanol–water partition coefficient (Wildman–Crippen LogP) is 4.45. The zero-order valence-corrected chi connectivity index (χ0v) is 17.7. The maximum atomic E-state index is 13.9. The quantitative estimate of drug-likeness (QED) is 0.543. The fraction of sp³-hybridized carbons (Fsp3) is 0.348. The molecule has 0 bridgehead atoms. The molecule has 1 heterocycles. The van der Waals surface area contributed by atoms with E-state index in [1.807, 2.05) is 48.0 Å². The van der Waals surface area contributed by atoms with Crippen molar-refractivity contribution in [1.82, 2.24) is 20.1 Å². The van der Waals surface area contributed by atoms with Gasteiger partial charge in [-0.15, -0.1) is 10.2 Å². The largest absolute Gasteiger partial charge is 0.345 e. The molecule has 30 heavy (non-hydrogen) atoms. The lowest BCUT2D eigenvalue weighted by Gasteiger charge is -2.27. The summed E-state index contributed by atoms with van der Waals surface area (Å²) in [5, 5.41) is 12.6. The van der Waals surface area contributed by atoms with Crippen LogP contribution in [0.1, 0.15) is 42.3 Å². The van der Waals surface area contributed by atoms with E-state index in [-0.39, 0.29) is 23.7 Å². The highest BCUT2D eigenvalue weighted by atomic mass is 32.2. The van der Waals surface area contributed by atoms with Crippen molar-refractivity contribution in [2.75, 3.05) is 0 Å². The monoisotopic (exact) mass is 424 g/mol. The predicted molar refractivity (Wildman–Crippen MR) is 115 cm³/mol. The van der Waals surface area contributed by atoms with E-state index in [2.05, 4.69) is 15.5 Å². The van der Waals surface area contributed by atoms with Crippen molar-refractivity contribution in [2.45, 2.75) is 42.6 Å². The first-order valence-corrected chi connectivity index (χ1v) is 11.2. The summed E-state index contributed by atoms with van der Waals surface area (Å²) in [4.78, 5) is 12.7. The Morgan fingerprint density at radius 2 is 1.90 bits per heavy atom. The summed E-state index contributed by atoms with van der Waals surface area (Å²) in [5.41, 5.74) is 1.76. The number of thioether (sulfide) groups is 1. The molecule has 4 rings (SSSR count). The van der Waals surface area contributed by atoms with Gasteiger partial charge in [0.1, 0.15) is 5.82 Å². The number of benzene rings is 2. The van der Waals surface area contributed by atoms with Gasteiger partial charge in [0, 0.05) is 18.7 Å². The van der Waals surface area contributed by atoms with Gasteiger partial charge in [0.25, 0.3) is 0 Å². The third-order valence-electron chi connectivity index (χ3n) is 5.57. The molecule has 5 nitrogen and oxygen atoms in total. The number of hydrogen-bond donors (Lipinski definition) is 1. The number of carbonyl (C=O) groups excluding carboxylic acids is 1. The van der Waals surface area contributed by atoms with Gasteiger partial charge in [0.05, 0.1) is 6.04 Å². The lowest BCUT2D eigenvalue weighted by atomic mass is 9.84. The second kappa shape index (κ2) is 9.43. The fourth-order valence-corrected chi connectivity index (χ4v) is 4.43. The standard InChI is InChI=1S/C23H25FN4OS/c1-28-21(26-27-23(28)30-15-18-10-5-6-13-19(18)24)20(14-16-8-3-2-4-9-16)25-22(29)17-11-7-12-17/h2-6,8-10,13,17,20H,7,11-12,14-15H2,1H3,(H,25,29). The molecular weight excluding hydrogens is 399 g/mol. The molecule has 1 aliphatic carbocycles. The van der Waals surface area contributed by atoms with E-state index in [0.29, 0.717) is 28.7 Å². The third kappa shape index (κ3) is 4.73. The normalized spacial score (nSPS) is 14.9. The second-order valence-electron chi connectivity index (χ2n) is 7.66. The summed E-state index contributed by atoms with van der Waals surface area (Å²) < 4.78 is 15.8. The van der Waals surface area contributed by atoms with Gasteiger partial charge in [-0.1, -0.05) is 66.7 Å². The van der Waals surface area contributed by atoms with Gasteiger partial charge in [0.2, 0.25) is 5.91 Å². The van der Waals surface area contributed by atoms with E-state index in [1.165, 1.54) is 17.8 Å². The molecule has 3 aromatic rings. The van der Waals surface area contributed by atoms with Crippen LogP contribution in [0.15, 0.2) is 59.8 Å². The zero-order chi connectivity index (χ0) is 20.9. The van der Waals surface area contributed by atoms with Crippen LogP contribution in [0, 0.1) is 11.7 Å². The Bertz CT molecular complexity index is 1000. The van der Waals surface area contributed by atoms with E-state index in [1.54, 1.807) is 12.1 Å². The molecule has 1 unspecified atom stereocenters. The molecule has 1 N–H and O–H groups in total. The van der Waals surface area contributed by atoms with Crippen LogP contribution in [0.25, 0.3) is 0 Å². The Labute approximate surface area is 180 Å². The van der Waals surface area contributed by atoms with Crippen molar-refractivity contribution in [3.63, 3.8) is 0 Å². The van der Waals surface area contributed by atoms with Gasteiger partial charge in [-0.05, 0) is 36.5 Å². The van der Waals surface area contributed by atoms with Crippen molar-refractivity contribution in [2.24, 2.45) is 13.0 Å². The third-order valence-corrected chi connectivity index (χ3v) is 6.64. The van der Waals surface area contributed by atoms with Gasteiger partial charge in [-0.25, -0.2) is 4.39 Å². The average Bonchev–Trinajstić information content (AvgIpc) is 3.07. The first-order valence-electron chi connectivity index (χ1n) is 10.2. The zero-order valence-electron chi connectivity index (χ0n) is 16.9. The molecule has 7 heteroatoms. The van der Waals surface area contributed by atoms with Crippen molar-refractivity contribution >= 4 is 17.7 Å². The summed E-state index contributed by atoms with van der Waals surface area (Å²) in [6, 6.07) is 16.5. The molecule has 1 saturated carbocycles. The van der Waals surface area contributed by atoms with Crippen LogP contribution in [0.5, 0.6) is 0 Å². The van der Waals surface area contributed by atoms with E-state index in [9.17, 15) is 9.18 Å². The molecule has 0 saturated heterocycles. The molecule has 1 atom stereocenters. The molecule has 0 aliphatic heterocycles. The first-order chi connectivity index (χ1) is 14.6. The van der Waals surface area contributed by atoms with Crippen molar-refractivity contribution in [3.8, 4) is 0 Å². The van der Waals surface area contributed by atoms with Crippen LogP contribution < -0.4 is 5.32 Å². The van der Waals surface area contributed by atoms with Gasteiger partial charge in [-0.3, -0.25) is 4.79 Å². The highest BCUT2D eigenvalue weighted by molar-refractivity contribution is 7.98. The van der Waals surface area contributed by atoms with Gasteiger partial charge >= 0.3 is 0 Å². The van der Waals surface area contributed by atoms with Crippen LogP contribution in [-0.2, 0) is 24.0 Å². The number of nitrogens with one attached hydrogen (secondary N) is 1. The number of rotatable bonds is 8. The summed E-state index contributed by atoms with van der Waals surface area (Å²) in [6.07, 6.45) is 3.66. The minimum atomic E-state index is -0.263. The minimum absolute atomic E-state index is 0.0886. The molecule has 1 amide bonds. The minimum Gasteiger partial charge on any atom is -0.345 e. The second-order valence-corrected chi connectivity index (χ2v) is 8.60. The van der Waals surface area contributed by atoms with Crippen LogP contribution in [-0.4, -0.2) is 20.7 Å². The lowest BCUT2D eigenvalue weighted by molar-refractivity contribution is -0.128. The van der Waals surface area contributed by atoms with Crippen molar-refractivity contribution in [3.05, 3.63) is 77.4 Å². The van der Waals surface area contributed by atoms with Crippen molar-refractivity contribution < 1.29 is 9.18 Å². The molecule has 0 spiro atoms. The SMILES string of the molecule is Cn1c(SCc2ccccc2F)nnc1C(Cc1ccccc1)NC(=O)C1CCC1. The number of carbonyl (C=O) groups is 1. The Kier molecular flexibility index (Phi) is 6.47. The van der Waals surface area contributed by atoms with E-state index < -0.39 is 0 Å². The number of amides is 1. The topological polar surface area (TPSA) is 59.8 Å². The Hall–Kier alpha value is -2.67. The van der Waals surface area contributed by atoms with Gasteiger partial charge in [-0.2, -0.15) is 0 Å². The lowest BCUT2D eigenvalue weighted by Crippen LogP contribution is -2.38. The van der Waals surface area contributed by atoms with Crippen LogP contribution >= 0.6 is 11.8 Å². The number of halogens is 1. The summed E-state index contributed by atoms with van der Waals surface area (Å²) >= 11 is 1.44. The molecule has 2 aromatic carbocycles. The maximum absolute atomic E-state index is 13.9. The molecule has 1 aliphatic rings. The smallest absolute Gasteiger partial charge is 0.223 e. The Morgan fingerprint density at radius 3 is 2.60 bits per heavy atom. The maximum Gasteiger partial charge on any atom is 0.223 e. The van der Waals surface area contributed by atoms with Crippen LogP contribution in [0.3, 0.4) is 0 Å². The Morgan fingerprint density at radius 1 is 1.17 bits per heavy atom. The number of hydrogen-bond acceptors (Lipinski definition) is 4. The molecular formula is C23H25FN4OS. The van der Waals surface area contributed by atoms with Gasteiger partial charge in [0.15, 0.2) is 11.0 Å². The average molecular weight is 425 g/mol. The summed E-state index contributed by atoms with van der Waals surface area (Å²) in [6.45, 7) is 0. The Balaban J connectivity index is 1.52. The van der Waals surface area contributed by atoms with E-state index >= 15 is 0 Å². The highest BCUT2D eigenvalue weighted by Gasteiger charge is 2.29. The van der Waals surface area contributed by atoms with Crippen LogP contribution in [0.4, 0.5) is 4.39 Å². The molecule has 1 fully saturated rings. The summed E-state index contributed by atoms with van der Waals surface area (Å²) in [5.74, 6) is 1.15.